The number of amides is 1. The Kier molecular flexibility index (Phi) is 6.55. The second-order valence-electron chi connectivity index (χ2n) is 7.17. The van der Waals surface area contributed by atoms with Gasteiger partial charge < -0.3 is 14.2 Å². The van der Waals surface area contributed by atoms with Crippen molar-refractivity contribution in [2.45, 2.75) is 6.92 Å². The Bertz CT molecular complexity index is 1320. The lowest BCUT2D eigenvalue weighted by Gasteiger charge is -2.15. The summed E-state index contributed by atoms with van der Waals surface area (Å²) >= 11 is 1.41. The van der Waals surface area contributed by atoms with Crippen LogP contribution in [0.25, 0.3) is 10.2 Å². The first-order chi connectivity index (χ1) is 16.0. The number of hydrogen-bond donors (Lipinski definition) is 0. The van der Waals surface area contributed by atoms with Crippen molar-refractivity contribution in [1.29, 1.82) is 0 Å². The number of carbonyl (C=O) groups excluding carboxylic acids is 1. The van der Waals surface area contributed by atoms with E-state index in [9.17, 15) is 4.79 Å². The van der Waals surface area contributed by atoms with E-state index in [-0.39, 0.29) is 5.91 Å². The molecule has 0 atom stereocenters. The number of methoxy groups -OCH3 is 3. The fourth-order valence-electron chi connectivity index (χ4n) is 3.20. The number of ether oxygens (including phenoxy) is 3. The van der Waals surface area contributed by atoms with E-state index in [1.807, 2.05) is 49.4 Å². The van der Waals surface area contributed by atoms with Gasteiger partial charge in [0.05, 0.1) is 37.8 Å². The lowest BCUT2D eigenvalue weighted by molar-refractivity contribution is 0.0987. The van der Waals surface area contributed by atoms with E-state index in [2.05, 4.69) is 10.1 Å². The van der Waals surface area contributed by atoms with Crippen molar-refractivity contribution >= 4 is 38.8 Å². The molecular formula is C25H23N3O4S. The monoisotopic (exact) mass is 461 g/mol. The molecule has 0 radical (unpaired) electrons. The van der Waals surface area contributed by atoms with E-state index >= 15 is 0 Å². The first-order valence-corrected chi connectivity index (χ1v) is 11.0. The molecule has 0 aliphatic heterocycles. The van der Waals surface area contributed by atoms with Gasteiger partial charge in [-0.2, -0.15) is 10.1 Å². The molecule has 168 valence electrons. The molecule has 1 amide bonds. The predicted molar refractivity (Wildman–Crippen MR) is 131 cm³/mol. The minimum absolute atomic E-state index is 0.337. The van der Waals surface area contributed by atoms with Crippen LogP contribution in [-0.4, -0.2) is 38.4 Å². The van der Waals surface area contributed by atoms with Crippen molar-refractivity contribution in [3.05, 3.63) is 77.4 Å². The van der Waals surface area contributed by atoms with Crippen LogP contribution in [0.2, 0.25) is 0 Å². The smallest absolute Gasteiger partial charge is 0.280 e. The largest absolute Gasteiger partial charge is 0.497 e. The van der Waals surface area contributed by atoms with Crippen LogP contribution in [0.5, 0.6) is 17.2 Å². The standard InChI is InChI=1S/C25H23N3O4S/c1-16-5-11-20-23(13-16)33-25(27-20)28(26-15-17-6-9-19(30-2)10-7-17)24(29)18-8-12-21(31-3)22(14-18)32-4/h5-15H,1-4H3/b26-15+. The molecule has 1 aromatic heterocycles. The normalized spacial score (nSPS) is 11.0. The molecule has 1 heterocycles. The summed E-state index contributed by atoms with van der Waals surface area (Å²) in [7, 11) is 4.69. The minimum Gasteiger partial charge on any atom is -0.497 e. The molecule has 8 heteroatoms. The number of aryl methyl sites for hydroxylation is 1. The predicted octanol–water partition coefficient (Wildman–Crippen LogP) is 5.31. The van der Waals surface area contributed by atoms with E-state index in [4.69, 9.17) is 14.2 Å². The molecule has 33 heavy (non-hydrogen) atoms. The summed E-state index contributed by atoms with van der Waals surface area (Å²) in [6, 6.07) is 18.4. The highest BCUT2D eigenvalue weighted by molar-refractivity contribution is 7.22. The summed E-state index contributed by atoms with van der Waals surface area (Å²) in [4.78, 5) is 18.2. The Balaban J connectivity index is 1.75. The molecule has 0 spiro atoms. The molecule has 0 aliphatic carbocycles. The van der Waals surface area contributed by atoms with Gasteiger partial charge in [-0.15, -0.1) is 0 Å². The van der Waals surface area contributed by atoms with Crippen LogP contribution in [-0.2, 0) is 0 Å². The lowest BCUT2D eigenvalue weighted by atomic mass is 10.2. The fraction of sp³-hybridized carbons (Fsp3) is 0.160. The highest BCUT2D eigenvalue weighted by atomic mass is 32.1. The van der Waals surface area contributed by atoms with E-state index in [0.29, 0.717) is 22.2 Å². The zero-order chi connectivity index (χ0) is 23.4. The minimum atomic E-state index is -0.337. The Morgan fingerprint density at radius 2 is 1.70 bits per heavy atom. The topological polar surface area (TPSA) is 73.2 Å². The average molecular weight is 462 g/mol. The van der Waals surface area contributed by atoms with Crippen LogP contribution >= 0.6 is 11.3 Å². The molecule has 0 unspecified atom stereocenters. The number of hydrazone groups is 1. The molecule has 0 saturated heterocycles. The summed E-state index contributed by atoms with van der Waals surface area (Å²) in [5.74, 6) is 1.41. The molecule has 4 aromatic rings. The van der Waals surface area contributed by atoms with Crippen molar-refractivity contribution in [3.63, 3.8) is 0 Å². The molecule has 0 bridgehead atoms. The number of hydrogen-bond acceptors (Lipinski definition) is 7. The van der Waals surface area contributed by atoms with Gasteiger partial charge in [0.15, 0.2) is 11.5 Å². The summed E-state index contributed by atoms with van der Waals surface area (Å²) in [6.07, 6.45) is 1.62. The SMILES string of the molecule is COc1ccc(/C=N/N(C(=O)c2ccc(OC)c(OC)c2)c2nc3ccc(C)cc3s2)cc1. The van der Waals surface area contributed by atoms with Crippen molar-refractivity contribution in [2.24, 2.45) is 5.10 Å². The number of carbonyl (C=O) groups is 1. The number of anilines is 1. The van der Waals surface area contributed by atoms with Gasteiger partial charge in [0.2, 0.25) is 5.13 Å². The fourth-order valence-corrected chi connectivity index (χ4v) is 4.23. The van der Waals surface area contributed by atoms with Crippen molar-refractivity contribution in [1.82, 2.24) is 4.98 Å². The first kappa shape index (κ1) is 22.3. The summed E-state index contributed by atoms with van der Waals surface area (Å²) in [6.45, 7) is 2.02. The van der Waals surface area contributed by atoms with E-state index in [0.717, 1.165) is 27.1 Å². The van der Waals surface area contributed by atoms with Gasteiger partial charge in [-0.05, 0) is 72.6 Å². The molecule has 3 aromatic carbocycles. The highest BCUT2D eigenvalue weighted by Gasteiger charge is 2.22. The number of nitrogens with zero attached hydrogens (tertiary/aromatic N) is 3. The van der Waals surface area contributed by atoms with Crippen molar-refractivity contribution in [3.8, 4) is 17.2 Å². The maximum absolute atomic E-state index is 13.5. The maximum atomic E-state index is 13.5. The second-order valence-corrected chi connectivity index (χ2v) is 8.18. The molecule has 0 fully saturated rings. The number of fused-ring (bicyclic) bond motifs is 1. The van der Waals surface area contributed by atoms with Crippen LogP contribution in [0, 0.1) is 6.92 Å². The third-order valence-electron chi connectivity index (χ3n) is 4.97. The van der Waals surface area contributed by atoms with Gasteiger partial charge in [0.25, 0.3) is 5.91 Å². The number of rotatable bonds is 7. The van der Waals surface area contributed by atoms with Crippen molar-refractivity contribution < 1.29 is 19.0 Å². The zero-order valence-corrected chi connectivity index (χ0v) is 19.6. The van der Waals surface area contributed by atoms with Gasteiger partial charge in [0, 0.05) is 5.56 Å². The quantitative estimate of drug-likeness (QED) is 0.275. The highest BCUT2D eigenvalue weighted by Crippen LogP contribution is 2.32. The summed E-state index contributed by atoms with van der Waals surface area (Å²) in [5.41, 5.74) is 3.15. The second kappa shape index (κ2) is 9.70. The lowest BCUT2D eigenvalue weighted by Crippen LogP contribution is -2.25. The molecule has 0 N–H and O–H groups in total. The van der Waals surface area contributed by atoms with E-state index in [1.165, 1.54) is 23.5 Å². The first-order valence-electron chi connectivity index (χ1n) is 10.1. The molecule has 4 rings (SSSR count). The van der Waals surface area contributed by atoms with Gasteiger partial charge in [0.1, 0.15) is 5.75 Å². The van der Waals surface area contributed by atoms with E-state index < -0.39 is 0 Å². The van der Waals surface area contributed by atoms with Crippen molar-refractivity contribution in [2.75, 3.05) is 26.3 Å². The van der Waals surface area contributed by atoms with Gasteiger partial charge >= 0.3 is 0 Å². The Morgan fingerprint density at radius 3 is 2.39 bits per heavy atom. The van der Waals surface area contributed by atoms with Crippen LogP contribution in [0.4, 0.5) is 5.13 Å². The van der Waals surface area contributed by atoms with Crippen LogP contribution in [0.3, 0.4) is 0 Å². The number of benzene rings is 3. The average Bonchev–Trinajstić information content (AvgIpc) is 3.26. The third-order valence-corrected chi connectivity index (χ3v) is 5.97. The van der Waals surface area contributed by atoms with Crippen LogP contribution in [0.1, 0.15) is 21.5 Å². The Labute approximate surface area is 195 Å². The maximum Gasteiger partial charge on any atom is 0.280 e. The van der Waals surface area contributed by atoms with Crippen LogP contribution in [0.15, 0.2) is 65.8 Å². The van der Waals surface area contributed by atoms with Crippen LogP contribution < -0.4 is 19.2 Å². The summed E-state index contributed by atoms with van der Waals surface area (Å²) < 4.78 is 16.8. The number of thiazole rings is 1. The Hall–Kier alpha value is -3.91. The number of aromatic nitrogens is 1. The Morgan fingerprint density at radius 1 is 0.939 bits per heavy atom. The van der Waals surface area contributed by atoms with E-state index in [1.54, 1.807) is 38.6 Å². The van der Waals surface area contributed by atoms with Gasteiger partial charge in [-0.25, -0.2) is 4.98 Å². The zero-order valence-electron chi connectivity index (χ0n) is 18.7. The third kappa shape index (κ3) is 4.80. The molecular weight excluding hydrogens is 438 g/mol. The van der Waals surface area contributed by atoms with Gasteiger partial charge in [-0.1, -0.05) is 17.4 Å². The molecule has 0 aliphatic rings. The molecule has 7 nitrogen and oxygen atoms in total. The summed E-state index contributed by atoms with van der Waals surface area (Å²) in [5, 5.41) is 6.29. The van der Waals surface area contributed by atoms with Gasteiger partial charge in [-0.3, -0.25) is 4.79 Å². The molecule has 0 saturated carbocycles.